The SMILES string of the molecule is CC1(N2CCCC2)CCCN1Cc1ccc(S(C)(=O)=O)cc1. The van der Waals surface area contributed by atoms with Crippen LogP contribution < -0.4 is 0 Å². The average Bonchev–Trinajstić information content (AvgIpc) is 3.10. The summed E-state index contributed by atoms with van der Waals surface area (Å²) in [5, 5.41) is 0. The van der Waals surface area contributed by atoms with Gasteiger partial charge < -0.3 is 0 Å². The van der Waals surface area contributed by atoms with E-state index in [1.54, 1.807) is 12.1 Å². The Balaban J connectivity index is 1.74. The number of likely N-dealkylation sites (tertiary alicyclic amines) is 2. The molecule has 22 heavy (non-hydrogen) atoms. The lowest BCUT2D eigenvalue weighted by Crippen LogP contribution is -2.53. The summed E-state index contributed by atoms with van der Waals surface area (Å²) in [6, 6.07) is 7.38. The molecule has 122 valence electrons. The minimum absolute atomic E-state index is 0.173. The van der Waals surface area contributed by atoms with Crippen molar-refractivity contribution in [2.45, 2.75) is 49.7 Å². The Morgan fingerprint density at radius 3 is 2.27 bits per heavy atom. The highest BCUT2D eigenvalue weighted by molar-refractivity contribution is 7.90. The molecule has 5 heteroatoms. The molecule has 1 aromatic carbocycles. The van der Waals surface area contributed by atoms with E-state index in [-0.39, 0.29) is 5.66 Å². The summed E-state index contributed by atoms with van der Waals surface area (Å²) in [5.41, 5.74) is 1.37. The van der Waals surface area contributed by atoms with Crippen LogP contribution in [0.1, 0.15) is 38.2 Å². The molecule has 4 nitrogen and oxygen atoms in total. The standard InChI is InChI=1S/C17H26N2O2S/c1-17(18-11-3-4-12-18)10-5-13-19(17)14-15-6-8-16(9-7-15)22(2,20)21/h6-9H,3-5,10-14H2,1-2H3. The van der Waals surface area contributed by atoms with Gasteiger partial charge in [0.1, 0.15) is 0 Å². The topological polar surface area (TPSA) is 40.6 Å². The molecule has 2 saturated heterocycles. The normalized spacial score (nSPS) is 27.5. The number of hydrogen-bond donors (Lipinski definition) is 0. The fourth-order valence-corrected chi connectivity index (χ4v) is 4.50. The molecule has 2 aliphatic rings. The monoisotopic (exact) mass is 322 g/mol. The van der Waals surface area contributed by atoms with E-state index < -0.39 is 9.84 Å². The molecule has 0 bridgehead atoms. The van der Waals surface area contributed by atoms with Crippen LogP contribution in [0.15, 0.2) is 29.2 Å². The molecule has 0 spiro atoms. The van der Waals surface area contributed by atoms with Crippen molar-refractivity contribution in [1.82, 2.24) is 9.80 Å². The summed E-state index contributed by atoms with van der Waals surface area (Å²) < 4.78 is 23.1. The predicted octanol–water partition coefficient (Wildman–Crippen LogP) is 2.50. The highest BCUT2D eigenvalue weighted by Crippen LogP contribution is 2.35. The van der Waals surface area contributed by atoms with Gasteiger partial charge in [-0.15, -0.1) is 0 Å². The summed E-state index contributed by atoms with van der Waals surface area (Å²) in [5.74, 6) is 0. The largest absolute Gasteiger partial charge is 0.286 e. The molecule has 0 aromatic heterocycles. The molecular weight excluding hydrogens is 296 g/mol. The fourth-order valence-electron chi connectivity index (χ4n) is 3.87. The van der Waals surface area contributed by atoms with E-state index in [2.05, 4.69) is 16.7 Å². The highest BCUT2D eigenvalue weighted by Gasteiger charge is 2.42. The van der Waals surface area contributed by atoms with Gasteiger partial charge in [-0.3, -0.25) is 9.80 Å². The van der Waals surface area contributed by atoms with Gasteiger partial charge >= 0.3 is 0 Å². The number of hydrogen-bond acceptors (Lipinski definition) is 4. The minimum atomic E-state index is -3.10. The average molecular weight is 322 g/mol. The first-order chi connectivity index (χ1) is 10.4. The molecule has 2 aliphatic heterocycles. The molecule has 0 saturated carbocycles. The third kappa shape index (κ3) is 3.07. The maximum Gasteiger partial charge on any atom is 0.175 e. The van der Waals surface area contributed by atoms with Gasteiger partial charge in [0.05, 0.1) is 10.6 Å². The quantitative estimate of drug-likeness (QED) is 0.854. The molecule has 3 rings (SSSR count). The minimum Gasteiger partial charge on any atom is -0.286 e. The zero-order chi connectivity index (χ0) is 15.8. The molecule has 0 aliphatic carbocycles. The lowest BCUT2D eigenvalue weighted by atomic mass is 10.1. The van der Waals surface area contributed by atoms with Crippen molar-refractivity contribution in [3.05, 3.63) is 29.8 Å². The number of rotatable bonds is 4. The van der Waals surface area contributed by atoms with Crippen molar-refractivity contribution in [1.29, 1.82) is 0 Å². The summed E-state index contributed by atoms with van der Waals surface area (Å²) in [6.45, 7) is 6.81. The maximum absolute atomic E-state index is 11.5. The first-order valence-electron chi connectivity index (χ1n) is 8.19. The number of benzene rings is 1. The van der Waals surface area contributed by atoms with Crippen LogP contribution in [0.25, 0.3) is 0 Å². The van der Waals surface area contributed by atoms with Crippen molar-refractivity contribution in [3.63, 3.8) is 0 Å². The fraction of sp³-hybridized carbons (Fsp3) is 0.647. The molecule has 0 amide bonds. The van der Waals surface area contributed by atoms with Gasteiger partial charge in [0.15, 0.2) is 9.84 Å². The molecular formula is C17H26N2O2S. The van der Waals surface area contributed by atoms with Crippen molar-refractivity contribution in [2.75, 3.05) is 25.9 Å². The van der Waals surface area contributed by atoms with Gasteiger partial charge in [-0.2, -0.15) is 0 Å². The van der Waals surface area contributed by atoms with Gasteiger partial charge in [-0.1, -0.05) is 12.1 Å². The highest BCUT2D eigenvalue weighted by atomic mass is 32.2. The van der Waals surface area contributed by atoms with Crippen LogP contribution >= 0.6 is 0 Å². The number of nitrogens with zero attached hydrogens (tertiary/aromatic N) is 2. The first kappa shape index (κ1) is 16.0. The van der Waals surface area contributed by atoms with E-state index in [0.717, 1.165) is 13.1 Å². The lowest BCUT2D eigenvalue weighted by molar-refractivity contribution is -0.00589. The van der Waals surface area contributed by atoms with Crippen molar-refractivity contribution in [2.24, 2.45) is 0 Å². The van der Waals surface area contributed by atoms with E-state index in [9.17, 15) is 8.42 Å². The Labute approximate surface area is 134 Å². The maximum atomic E-state index is 11.5. The zero-order valence-corrected chi connectivity index (χ0v) is 14.4. The van der Waals surface area contributed by atoms with Crippen LogP contribution in [-0.4, -0.2) is 49.8 Å². The van der Waals surface area contributed by atoms with Crippen LogP contribution in [0.5, 0.6) is 0 Å². The van der Waals surface area contributed by atoms with Gasteiger partial charge in [0.25, 0.3) is 0 Å². The van der Waals surface area contributed by atoms with E-state index in [0.29, 0.717) is 4.90 Å². The molecule has 1 aromatic rings. The Bertz CT molecular complexity index is 621. The van der Waals surface area contributed by atoms with E-state index in [1.807, 2.05) is 12.1 Å². The Kier molecular flexibility index (Phi) is 4.32. The van der Waals surface area contributed by atoms with Gasteiger partial charge in [0, 0.05) is 19.3 Å². The zero-order valence-electron chi connectivity index (χ0n) is 13.6. The van der Waals surface area contributed by atoms with E-state index in [4.69, 9.17) is 0 Å². The number of sulfone groups is 1. The Morgan fingerprint density at radius 2 is 1.68 bits per heavy atom. The molecule has 0 N–H and O–H groups in total. The lowest BCUT2D eigenvalue weighted by Gasteiger charge is -2.43. The van der Waals surface area contributed by atoms with Gasteiger partial charge in [-0.25, -0.2) is 8.42 Å². The van der Waals surface area contributed by atoms with Gasteiger partial charge in [0.2, 0.25) is 0 Å². The summed E-state index contributed by atoms with van der Waals surface area (Å²) in [6.07, 6.45) is 6.36. The third-order valence-corrected chi connectivity index (χ3v) is 6.40. The van der Waals surface area contributed by atoms with Crippen molar-refractivity contribution >= 4 is 9.84 Å². The molecule has 2 heterocycles. The van der Waals surface area contributed by atoms with Crippen LogP contribution in [0, 0.1) is 0 Å². The van der Waals surface area contributed by atoms with Crippen LogP contribution in [0.3, 0.4) is 0 Å². The molecule has 2 fully saturated rings. The molecule has 0 radical (unpaired) electrons. The molecule has 1 atom stereocenters. The van der Waals surface area contributed by atoms with Crippen molar-refractivity contribution in [3.8, 4) is 0 Å². The summed E-state index contributed by atoms with van der Waals surface area (Å²) >= 11 is 0. The first-order valence-corrected chi connectivity index (χ1v) is 10.1. The second-order valence-corrected chi connectivity index (χ2v) is 8.87. The van der Waals surface area contributed by atoms with Gasteiger partial charge in [-0.05, 0) is 63.4 Å². The molecule has 1 unspecified atom stereocenters. The summed E-state index contributed by atoms with van der Waals surface area (Å²) in [7, 11) is -3.10. The van der Waals surface area contributed by atoms with Crippen LogP contribution in [-0.2, 0) is 16.4 Å². The second kappa shape index (κ2) is 5.95. The Morgan fingerprint density at radius 1 is 1.05 bits per heavy atom. The van der Waals surface area contributed by atoms with Crippen LogP contribution in [0.2, 0.25) is 0 Å². The predicted molar refractivity (Wildman–Crippen MR) is 88.4 cm³/mol. The smallest absolute Gasteiger partial charge is 0.175 e. The van der Waals surface area contributed by atoms with E-state index in [1.165, 1.54) is 50.6 Å². The third-order valence-electron chi connectivity index (χ3n) is 5.27. The second-order valence-electron chi connectivity index (χ2n) is 6.85. The summed E-state index contributed by atoms with van der Waals surface area (Å²) in [4.78, 5) is 5.60. The van der Waals surface area contributed by atoms with E-state index >= 15 is 0 Å². The van der Waals surface area contributed by atoms with Crippen molar-refractivity contribution < 1.29 is 8.42 Å². The Hall–Kier alpha value is -0.910. The van der Waals surface area contributed by atoms with Crippen LogP contribution in [0.4, 0.5) is 0 Å².